The molecule has 0 heterocycles. The third kappa shape index (κ3) is 6.00. The van der Waals surface area contributed by atoms with Crippen LogP contribution in [0, 0.1) is 0 Å². The van der Waals surface area contributed by atoms with E-state index in [0.29, 0.717) is 0 Å². The number of carbonyl (C=O) groups excluding carboxylic acids is 2. The lowest BCUT2D eigenvalue weighted by Crippen LogP contribution is -2.43. The number of hydrogen-bond donors (Lipinski definition) is 0. The van der Waals surface area contributed by atoms with Crippen LogP contribution in [0.4, 0.5) is 5.69 Å². The lowest BCUT2D eigenvalue weighted by molar-refractivity contribution is -0.122. The van der Waals surface area contributed by atoms with Gasteiger partial charge in [-0.2, -0.15) is 4.31 Å². The van der Waals surface area contributed by atoms with Crippen LogP contribution in [-0.4, -0.2) is 50.3 Å². The maximum atomic E-state index is 13.1. The van der Waals surface area contributed by atoms with Crippen molar-refractivity contribution in [1.29, 1.82) is 0 Å². The quantitative estimate of drug-likeness (QED) is 0.537. The number of benzene rings is 2. The SMILES string of the molecule is CC(C)N(C)S(=O)(=O)c1cccc(C(=O)OCC(=O)N(c2ccccc2)C2CCCCC2)c1. The first kappa shape index (κ1) is 24.9. The number of rotatable bonds is 8. The van der Waals surface area contributed by atoms with Crippen molar-refractivity contribution in [3.63, 3.8) is 0 Å². The fraction of sp³-hybridized carbons (Fsp3) is 0.440. The van der Waals surface area contributed by atoms with Gasteiger partial charge in [-0.1, -0.05) is 43.5 Å². The van der Waals surface area contributed by atoms with Crippen molar-refractivity contribution in [2.24, 2.45) is 0 Å². The van der Waals surface area contributed by atoms with Gasteiger partial charge in [-0.15, -0.1) is 0 Å². The zero-order valence-corrected chi connectivity index (χ0v) is 20.3. The summed E-state index contributed by atoms with van der Waals surface area (Å²) in [5, 5.41) is 0. The molecular weight excluding hydrogens is 440 g/mol. The van der Waals surface area contributed by atoms with Crippen molar-refractivity contribution < 1.29 is 22.7 Å². The molecule has 1 fully saturated rings. The van der Waals surface area contributed by atoms with E-state index in [4.69, 9.17) is 4.74 Å². The Morgan fingerprint density at radius 1 is 1.00 bits per heavy atom. The van der Waals surface area contributed by atoms with E-state index in [-0.39, 0.29) is 28.4 Å². The topological polar surface area (TPSA) is 84.0 Å². The van der Waals surface area contributed by atoms with Gasteiger partial charge in [0.15, 0.2) is 6.61 Å². The van der Waals surface area contributed by atoms with Crippen LogP contribution in [0.3, 0.4) is 0 Å². The summed E-state index contributed by atoms with van der Waals surface area (Å²) in [6.45, 7) is 3.13. The molecule has 1 saturated carbocycles. The van der Waals surface area contributed by atoms with Gasteiger partial charge < -0.3 is 9.64 Å². The number of hydrogen-bond acceptors (Lipinski definition) is 5. The maximum Gasteiger partial charge on any atom is 0.338 e. The molecular formula is C25H32N2O5S. The predicted molar refractivity (Wildman–Crippen MR) is 128 cm³/mol. The first-order valence-corrected chi connectivity index (χ1v) is 12.8. The molecule has 0 spiro atoms. The monoisotopic (exact) mass is 472 g/mol. The van der Waals surface area contributed by atoms with Gasteiger partial charge in [-0.3, -0.25) is 4.79 Å². The van der Waals surface area contributed by atoms with Crippen LogP contribution in [0.5, 0.6) is 0 Å². The Bertz CT molecular complexity index is 1060. The normalized spacial score (nSPS) is 14.9. The smallest absolute Gasteiger partial charge is 0.338 e. The van der Waals surface area contributed by atoms with Crippen LogP contribution in [0.2, 0.25) is 0 Å². The van der Waals surface area contributed by atoms with E-state index in [9.17, 15) is 18.0 Å². The molecule has 0 aromatic heterocycles. The third-order valence-electron chi connectivity index (χ3n) is 6.04. The van der Waals surface area contributed by atoms with Crippen LogP contribution in [0.15, 0.2) is 59.5 Å². The van der Waals surface area contributed by atoms with Crippen molar-refractivity contribution in [3.8, 4) is 0 Å². The average Bonchev–Trinajstić information content (AvgIpc) is 2.83. The molecule has 178 valence electrons. The molecule has 0 aliphatic heterocycles. The number of amides is 1. The Balaban J connectivity index is 1.73. The second kappa shape index (κ2) is 10.9. The summed E-state index contributed by atoms with van der Waals surface area (Å²) in [5.74, 6) is -1.02. The molecule has 1 aliphatic rings. The van der Waals surface area contributed by atoms with Crippen LogP contribution >= 0.6 is 0 Å². The highest BCUT2D eigenvalue weighted by Crippen LogP contribution is 2.27. The summed E-state index contributed by atoms with van der Waals surface area (Å²) in [5.41, 5.74) is 0.875. The number of carbonyl (C=O) groups is 2. The summed E-state index contributed by atoms with van der Waals surface area (Å²) in [7, 11) is -2.25. The largest absolute Gasteiger partial charge is 0.452 e. The van der Waals surface area contributed by atoms with E-state index in [1.54, 1.807) is 18.7 Å². The third-order valence-corrected chi connectivity index (χ3v) is 8.07. The highest BCUT2D eigenvalue weighted by atomic mass is 32.2. The lowest BCUT2D eigenvalue weighted by Gasteiger charge is -2.34. The summed E-state index contributed by atoms with van der Waals surface area (Å²) in [4.78, 5) is 27.5. The van der Waals surface area contributed by atoms with Gasteiger partial charge in [-0.05, 0) is 57.0 Å². The molecule has 0 saturated heterocycles. The fourth-order valence-corrected chi connectivity index (χ4v) is 5.41. The van der Waals surface area contributed by atoms with E-state index in [2.05, 4.69) is 0 Å². The van der Waals surface area contributed by atoms with Gasteiger partial charge in [0, 0.05) is 24.8 Å². The predicted octanol–water partition coefficient (Wildman–Crippen LogP) is 4.24. The molecule has 8 heteroatoms. The van der Waals surface area contributed by atoms with E-state index in [1.165, 1.54) is 35.6 Å². The number of sulfonamides is 1. The molecule has 0 radical (unpaired) electrons. The van der Waals surface area contributed by atoms with Gasteiger partial charge in [0.25, 0.3) is 5.91 Å². The summed E-state index contributed by atoms with van der Waals surface area (Å²) in [6.07, 6.45) is 5.11. The Kier molecular flexibility index (Phi) is 8.26. The van der Waals surface area contributed by atoms with E-state index in [0.717, 1.165) is 37.8 Å². The highest BCUT2D eigenvalue weighted by molar-refractivity contribution is 7.89. The van der Waals surface area contributed by atoms with E-state index >= 15 is 0 Å². The molecule has 0 bridgehead atoms. The number of anilines is 1. The molecule has 2 aromatic rings. The number of ether oxygens (including phenoxy) is 1. The Hall–Kier alpha value is -2.71. The van der Waals surface area contributed by atoms with Crippen LogP contribution in [0.25, 0.3) is 0 Å². The molecule has 1 amide bonds. The Morgan fingerprint density at radius 3 is 2.30 bits per heavy atom. The molecule has 0 unspecified atom stereocenters. The molecule has 0 N–H and O–H groups in total. The van der Waals surface area contributed by atoms with Gasteiger partial charge >= 0.3 is 5.97 Å². The molecule has 1 aliphatic carbocycles. The minimum absolute atomic E-state index is 0.00703. The summed E-state index contributed by atoms with van der Waals surface area (Å²) >= 11 is 0. The van der Waals surface area contributed by atoms with Crippen molar-refractivity contribution in [3.05, 3.63) is 60.2 Å². The number of nitrogens with zero attached hydrogens (tertiary/aromatic N) is 2. The maximum absolute atomic E-state index is 13.1. The zero-order chi connectivity index (χ0) is 24.0. The minimum atomic E-state index is -3.74. The second-order valence-electron chi connectivity index (χ2n) is 8.61. The Morgan fingerprint density at radius 2 is 1.67 bits per heavy atom. The summed E-state index contributed by atoms with van der Waals surface area (Å²) in [6, 6.07) is 15.0. The zero-order valence-electron chi connectivity index (χ0n) is 19.4. The average molecular weight is 473 g/mol. The molecule has 7 nitrogen and oxygen atoms in total. The first-order chi connectivity index (χ1) is 15.7. The highest BCUT2D eigenvalue weighted by Gasteiger charge is 2.28. The van der Waals surface area contributed by atoms with Crippen molar-refractivity contribution in [1.82, 2.24) is 4.31 Å². The van der Waals surface area contributed by atoms with Gasteiger partial charge in [0.2, 0.25) is 10.0 Å². The Labute approximate surface area is 196 Å². The molecule has 2 aromatic carbocycles. The van der Waals surface area contributed by atoms with E-state index < -0.39 is 22.6 Å². The van der Waals surface area contributed by atoms with Gasteiger partial charge in [0.05, 0.1) is 10.5 Å². The van der Waals surface area contributed by atoms with Crippen molar-refractivity contribution in [2.45, 2.75) is 62.9 Å². The van der Waals surface area contributed by atoms with Crippen LogP contribution < -0.4 is 4.90 Å². The molecule has 3 rings (SSSR count). The second-order valence-corrected chi connectivity index (χ2v) is 10.6. The van der Waals surface area contributed by atoms with Crippen LogP contribution in [0.1, 0.15) is 56.3 Å². The fourth-order valence-electron chi connectivity index (χ4n) is 3.99. The standard InChI is InChI=1S/C25H32N2O5S/c1-19(2)26(3)33(30,31)23-16-10-11-20(17-23)25(29)32-18-24(28)27(21-12-6-4-7-13-21)22-14-8-5-9-15-22/h4,6-7,10-13,16-17,19,22H,5,8-9,14-15,18H2,1-3H3. The first-order valence-electron chi connectivity index (χ1n) is 11.3. The number of para-hydroxylation sites is 1. The summed E-state index contributed by atoms with van der Waals surface area (Å²) < 4.78 is 32.1. The molecule has 33 heavy (non-hydrogen) atoms. The van der Waals surface area contributed by atoms with Crippen LogP contribution in [-0.2, 0) is 19.6 Å². The molecule has 0 atom stereocenters. The van der Waals surface area contributed by atoms with Crippen molar-refractivity contribution >= 4 is 27.6 Å². The number of esters is 1. The van der Waals surface area contributed by atoms with Gasteiger partial charge in [-0.25, -0.2) is 13.2 Å². The lowest BCUT2D eigenvalue weighted by atomic mass is 9.93. The van der Waals surface area contributed by atoms with Gasteiger partial charge in [0.1, 0.15) is 0 Å². The van der Waals surface area contributed by atoms with Crippen molar-refractivity contribution in [2.75, 3.05) is 18.6 Å². The minimum Gasteiger partial charge on any atom is -0.452 e. The van der Waals surface area contributed by atoms with E-state index in [1.807, 2.05) is 30.3 Å².